The molecule has 0 atom stereocenters. The molecule has 0 fully saturated rings. The Balaban J connectivity index is 1.95. The molecule has 2 aromatic rings. The first-order chi connectivity index (χ1) is 11.3. The predicted octanol–water partition coefficient (Wildman–Crippen LogP) is 2.54. The van der Waals surface area contributed by atoms with Crippen molar-refractivity contribution >= 4 is 37.6 Å². The summed E-state index contributed by atoms with van der Waals surface area (Å²) in [5.41, 5.74) is 0.518. The molecule has 0 saturated heterocycles. The maximum atomic E-state index is 12.0. The van der Waals surface area contributed by atoms with Gasteiger partial charge in [-0.3, -0.25) is 9.59 Å². The first kappa shape index (κ1) is 18.2. The summed E-state index contributed by atoms with van der Waals surface area (Å²) in [5, 5.41) is 0. The van der Waals surface area contributed by atoms with Gasteiger partial charge in [-0.05, 0) is 55.5 Å². The van der Waals surface area contributed by atoms with E-state index < -0.39 is 22.5 Å². The maximum Gasteiger partial charge on any atom is 0.271 e. The highest BCUT2D eigenvalue weighted by atomic mass is 79.9. The highest BCUT2D eigenvalue weighted by Gasteiger charge is 2.17. The molecule has 0 radical (unpaired) electrons. The Morgan fingerprint density at radius 1 is 1.04 bits per heavy atom. The zero-order chi connectivity index (χ0) is 17.7. The number of carbonyl (C=O) groups excluding carboxylic acids is 2. The molecule has 1 amide bonds. The van der Waals surface area contributed by atoms with Crippen LogP contribution in [0, 0.1) is 0 Å². The van der Waals surface area contributed by atoms with E-state index in [4.69, 9.17) is 4.74 Å². The van der Waals surface area contributed by atoms with Crippen LogP contribution in [0.3, 0.4) is 0 Å². The van der Waals surface area contributed by atoms with Crippen LogP contribution in [-0.4, -0.2) is 26.7 Å². The summed E-state index contributed by atoms with van der Waals surface area (Å²) in [7, 11) is -3.94. The van der Waals surface area contributed by atoms with Gasteiger partial charge in [0.1, 0.15) is 5.75 Å². The van der Waals surface area contributed by atoms with Crippen LogP contribution in [0.15, 0.2) is 57.9 Å². The van der Waals surface area contributed by atoms with Crippen LogP contribution in [-0.2, 0) is 14.8 Å². The standard InChI is InChI=1S/C16H14BrNO5S/c1-11(19)12-2-6-14(7-3-12)23-10-16(20)18-24(21,22)15-8-4-13(17)5-9-15/h2-9H,10H2,1H3,(H,18,20). The second-order valence-corrected chi connectivity index (χ2v) is 7.45. The van der Waals surface area contributed by atoms with E-state index in [1.54, 1.807) is 24.3 Å². The largest absolute Gasteiger partial charge is 0.484 e. The van der Waals surface area contributed by atoms with Crippen LogP contribution in [0.2, 0.25) is 0 Å². The number of carbonyl (C=O) groups is 2. The molecule has 0 aliphatic rings. The number of rotatable bonds is 6. The molecule has 0 saturated carbocycles. The van der Waals surface area contributed by atoms with Crippen LogP contribution in [0.5, 0.6) is 5.75 Å². The Hall–Kier alpha value is -2.19. The Morgan fingerprint density at radius 2 is 1.62 bits per heavy atom. The van der Waals surface area contributed by atoms with Gasteiger partial charge in [0.05, 0.1) is 4.90 Å². The van der Waals surface area contributed by atoms with Gasteiger partial charge in [0.25, 0.3) is 15.9 Å². The van der Waals surface area contributed by atoms with E-state index in [1.807, 2.05) is 4.72 Å². The third-order valence-electron chi connectivity index (χ3n) is 3.00. The predicted molar refractivity (Wildman–Crippen MR) is 91.4 cm³/mol. The summed E-state index contributed by atoms with van der Waals surface area (Å²) < 4.78 is 32.0. The number of benzene rings is 2. The zero-order valence-electron chi connectivity index (χ0n) is 12.7. The molecule has 0 aromatic heterocycles. The molecule has 0 spiro atoms. The molecule has 0 bridgehead atoms. The van der Waals surface area contributed by atoms with Crippen LogP contribution in [0.25, 0.3) is 0 Å². The quantitative estimate of drug-likeness (QED) is 0.737. The van der Waals surface area contributed by atoms with E-state index in [0.29, 0.717) is 11.3 Å². The number of halogens is 1. The van der Waals surface area contributed by atoms with E-state index in [-0.39, 0.29) is 10.7 Å². The maximum absolute atomic E-state index is 12.0. The van der Waals surface area contributed by atoms with Gasteiger partial charge < -0.3 is 4.74 Å². The highest BCUT2D eigenvalue weighted by Crippen LogP contribution is 2.15. The van der Waals surface area contributed by atoms with Gasteiger partial charge in [-0.2, -0.15) is 0 Å². The second-order valence-electron chi connectivity index (χ2n) is 4.85. The number of nitrogens with one attached hydrogen (secondary N) is 1. The van der Waals surface area contributed by atoms with Crippen molar-refractivity contribution in [2.75, 3.05) is 6.61 Å². The zero-order valence-corrected chi connectivity index (χ0v) is 15.1. The van der Waals surface area contributed by atoms with E-state index in [9.17, 15) is 18.0 Å². The minimum absolute atomic E-state index is 0.0233. The van der Waals surface area contributed by atoms with Crippen LogP contribution in [0.4, 0.5) is 0 Å². The van der Waals surface area contributed by atoms with Crippen molar-refractivity contribution in [1.29, 1.82) is 0 Å². The molecular formula is C16H14BrNO5S. The number of amides is 1. The van der Waals surface area contributed by atoms with Gasteiger partial charge in [-0.1, -0.05) is 15.9 Å². The Morgan fingerprint density at radius 3 is 2.17 bits per heavy atom. The van der Waals surface area contributed by atoms with Gasteiger partial charge in [0, 0.05) is 10.0 Å². The monoisotopic (exact) mass is 411 g/mol. The SMILES string of the molecule is CC(=O)c1ccc(OCC(=O)NS(=O)(=O)c2ccc(Br)cc2)cc1. The van der Waals surface area contributed by atoms with E-state index >= 15 is 0 Å². The van der Waals surface area contributed by atoms with Gasteiger partial charge >= 0.3 is 0 Å². The topological polar surface area (TPSA) is 89.5 Å². The summed E-state index contributed by atoms with van der Waals surface area (Å²) in [4.78, 5) is 22.9. The average Bonchev–Trinajstić information content (AvgIpc) is 2.53. The number of hydrogen-bond donors (Lipinski definition) is 1. The third-order valence-corrected chi connectivity index (χ3v) is 4.92. The summed E-state index contributed by atoms with van der Waals surface area (Å²) in [6.45, 7) is 0.978. The van der Waals surface area contributed by atoms with Crippen molar-refractivity contribution in [2.45, 2.75) is 11.8 Å². The average molecular weight is 412 g/mol. The van der Waals surface area contributed by atoms with Gasteiger partial charge in [-0.15, -0.1) is 0 Å². The van der Waals surface area contributed by atoms with Crippen molar-refractivity contribution in [3.8, 4) is 5.75 Å². The van der Waals surface area contributed by atoms with Crippen LogP contribution in [0.1, 0.15) is 17.3 Å². The molecule has 0 aliphatic heterocycles. The van der Waals surface area contributed by atoms with Gasteiger partial charge in [0.15, 0.2) is 12.4 Å². The Labute approximate surface area is 148 Å². The number of hydrogen-bond acceptors (Lipinski definition) is 5. The normalized spacial score (nSPS) is 10.9. The molecule has 0 heterocycles. The number of ketones is 1. The van der Waals surface area contributed by atoms with Crippen molar-refractivity contribution in [2.24, 2.45) is 0 Å². The fraction of sp³-hybridized carbons (Fsp3) is 0.125. The van der Waals surface area contributed by atoms with Crippen molar-refractivity contribution in [3.63, 3.8) is 0 Å². The van der Waals surface area contributed by atoms with Gasteiger partial charge in [0.2, 0.25) is 0 Å². The Kier molecular flexibility index (Phi) is 5.74. The number of Topliss-reactive ketones (excluding diaryl/α,β-unsaturated/α-hetero) is 1. The second kappa shape index (κ2) is 7.59. The Bertz CT molecular complexity index is 845. The summed E-state index contributed by atoms with van der Waals surface area (Å²) in [5.74, 6) is -0.523. The van der Waals surface area contributed by atoms with E-state index in [0.717, 1.165) is 4.47 Å². The molecule has 24 heavy (non-hydrogen) atoms. The lowest BCUT2D eigenvalue weighted by Gasteiger charge is -2.09. The molecule has 6 nitrogen and oxygen atoms in total. The lowest BCUT2D eigenvalue weighted by atomic mass is 10.1. The molecule has 1 N–H and O–H groups in total. The molecule has 8 heteroatoms. The number of ether oxygens (including phenoxy) is 1. The molecule has 0 aliphatic carbocycles. The number of sulfonamides is 1. The minimum atomic E-state index is -3.94. The molecule has 126 valence electrons. The minimum Gasteiger partial charge on any atom is -0.484 e. The molecule has 0 unspecified atom stereocenters. The first-order valence-corrected chi connectivity index (χ1v) is 9.10. The lowest BCUT2D eigenvalue weighted by Crippen LogP contribution is -2.34. The fourth-order valence-electron chi connectivity index (χ4n) is 1.79. The van der Waals surface area contributed by atoms with E-state index in [1.165, 1.54) is 31.2 Å². The third kappa shape index (κ3) is 4.90. The molecular weight excluding hydrogens is 398 g/mol. The summed E-state index contributed by atoms with van der Waals surface area (Å²) >= 11 is 3.20. The van der Waals surface area contributed by atoms with Crippen molar-refractivity contribution in [3.05, 3.63) is 58.6 Å². The summed E-state index contributed by atoms with van der Waals surface area (Å²) in [6, 6.07) is 12.1. The molecule has 2 rings (SSSR count). The fourth-order valence-corrected chi connectivity index (χ4v) is 3.02. The lowest BCUT2D eigenvalue weighted by molar-refractivity contribution is -0.121. The van der Waals surface area contributed by atoms with Crippen molar-refractivity contribution < 1.29 is 22.7 Å². The smallest absolute Gasteiger partial charge is 0.271 e. The molecule has 2 aromatic carbocycles. The highest BCUT2D eigenvalue weighted by molar-refractivity contribution is 9.10. The van der Waals surface area contributed by atoms with Crippen LogP contribution < -0.4 is 9.46 Å². The van der Waals surface area contributed by atoms with Crippen LogP contribution >= 0.6 is 15.9 Å². The van der Waals surface area contributed by atoms with E-state index in [2.05, 4.69) is 15.9 Å². The first-order valence-electron chi connectivity index (χ1n) is 6.83. The van der Waals surface area contributed by atoms with Gasteiger partial charge in [-0.25, -0.2) is 13.1 Å². The van der Waals surface area contributed by atoms with Crippen molar-refractivity contribution in [1.82, 2.24) is 4.72 Å². The summed E-state index contributed by atoms with van der Waals surface area (Å²) in [6.07, 6.45) is 0.